The third-order valence-electron chi connectivity index (χ3n) is 0. The van der Waals surface area contributed by atoms with E-state index in [-0.39, 0.29) is 95.3 Å². The van der Waals surface area contributed by atoms with Gasteiger partial charge in [0, 0.05) is 34.1 Å². The summed E-state index contributed by atoms with van der Waals surface area (Å²) in [5, 5.41) is 0. The molecule has 0 aromatic rings. The van der Waals surface area contributed by atoms with Crippen molar-refractivity contribution in [2.75, 3.05) is 0 Å². The minimum absolute atomic E-state index is 0. The van der Waals surface area contributed by atoms with Crippen LogP contribution >= 0.6 is 0 Å². The minimum Gasteiger partial charge on any atom is -0.813 e. The summed E-state index contributed by atoms with van der Waals surface area (Å²) in [7, 11) is 0. The second-order valence-corrected chi connectivity index (χ2v) is 0. The maximum absolute atomic E-state index is 0. The van der Waals surface area contributed by atoms with Crippen molar-refractivity contribution in [1.82, 2.24) is 0 Å². The zero-order valence-electron chi connectivity index (χ0n) is 2.10. The van der Waals surface area contributed by atoms with Crippen LogP contribution in [0.5, 0.6) is 0 Å². The predicted molar refractivity (Wildman–Crippen MR) is 17.5 cm³/mol. The van der Waals surface area contributed by atoms with Crippen molar-refractivity contribution in [2.45, 2.75) is 0 Å². The Morgan fingerprint density at radius 2 is 0.500 bits per heavy atom. The molecule has 0 heterocycles. The molecule has 0 aliphatic rings. The Balaban J connectivity index is 0. The second kappa shape index (κ2) is 46.3. The van der Waals surface area contributed by atoms with Crippen LogP contribution in [0, 0.1) is 0 Å². The van der Waals surface area contributed by atoms with Crippen LogP contribution < -0.4 is 0 Å². The van der Waals surface area contributed by atoms with Gasteiger partial charge in [-0.15, -0.1) is 0 Å². The van der Waals surface area contributed by atoms with Crippen molar-refractivity contribution >= 4 is 27.0 Å². The van der Waals surface area contributed by atoms with Gasteiger partial charge in [-0.3, -0.25) is 0 Å². The summed E-state index contributed by atoms with van der Waals surface area (Å²) in [4.78, 5) is 0. The van der Waals surface area contributed by atoms with E-state index in [1.165, 1.54) is 0 Å². The Morgan fingerprint density at radius 3 is 0.500 bits per heavy atom. The first-order valence-corrected chi connectivity index (χ1v) is 0. The zero-order valence-corrected chi connectivity index (χ0v) is 7.66. The Hall–Kier alpha value is 2.78. The van der Waals surface area contributed by atoms with Crippen LogP contribution in [0.1, 0.15) is 0 Å². The van der Waals surface area contributed by atoms with E-state index >= 15 is 0 Å². The van der Waals surface area contributed by atoms with Crippen LogP contribution in [0.25, 0.3) is 0 Å². The molecule has 0 spiro atoms. The SMILES string of the molecule is [Cu+].[Cu+].[Cu].[Cu].[SH-].[SH-]. The molecular formula is H2Cu4S2. The van der Waals surface area contributed by atoms with Crippen LogP contribution in [0.2, 0.25) is 0 Å². The Labute approximate surface area is 94.1 Å². The van der Waals surface area contributed by atoms with Gasteiger partial charge in [-0.2, -0.15) is 0 Å². The van der Waals surface area contributed by atoms with Crippen LogP contribution in [0.15, 0.2) is 0 Å². The maximum atomic E-state index is 0. The molecule has 58 valence electrons. The van der Waals surface area contributed by atoms with Crippen LogP contribution in [0.3, 0.4) is 0 Å². The predicted octanol–water partition coefficient (Wildman–Crippen LogP) is -0.550. The topological polar surface area (TPSA) is 0 Å². The maximum Gasteiger partial charge on any atom is 1.00 e. The molecule has 0 unspecified atom stereocenters. The molecule has 0 bridgehead atoms. The van der Waals surface area contributed by atoms with Crippen molar-refractivity contribution < 1.29 is 68.3 Å². The third-order valence-corrected chi connectivity index (χ3v) is 0. The molecule has 0 saturated heterocycles. The summed E-state index contributed by atoms with van der Waals surface area (Å²) in [5.74, 6) is 0. The van der Waals surface area contributed by atoms with Gasteiger partial charge in [0.25, 0.3) is 0 Å². The van der Waals surface area contributed by atoms with E-state index in [0.29, 0.717) is 0 Å². The number of thiol groups is 2. The van der Waals surface area contributed by atoms with Gasteiger partial charge >= 0.3 is 34.1 Å². The third kappa shape index (κ3) is 29.3. The molecule has 0 atom stereocenters. The van der Waals surface area contributed by atoms with E-state index in [4.69, 9.17) is 0 Å². The van der Waals surface area contributed by atoms with Crippen molar-refractivity contribution in [2.24, 2.45) is 0 Å². The standard InChI is InChI=1S/4Cu.2H2S/h;;;;2*1H2/q;;2*+1;;/p-2. The zero-order chi connectivity index (χ0) is 0. The Kier molecular flexibility index (Phi) is 531. The summed E-state index contributed by atoms with van der Waals surface area (Å²) in [6.07, 6.45) is 0. The van der Waals surface area contributed by atoms with Crippen molar-refractivity contribution in [3.63, 3.8) is 0 Å². The fourth-order valence-electron chi connectivity index (χ4n) is 0. The van der Waals surface area contributed by atoms with Gasteiger partial charge in [0.1, 0.15) is 0 Å². The van der Waals surface area contributed by atoms with E-state index in [1.807, 2.05) is 0 Å². The average Bonchev–Trinajstić information content (AvgIpc) is 0. The van der Waals surface area contributed by atoms with E-state index in [1.54, 1.807) is 0 Å². The van der Waals surface area contributed by atoms with Gasteiger partial charge in [-0.1, -0.05) is 0 Å². The average molecular weight is 320 g/mol. The summed E-state index contributed by atoms with van der Waals surface area (Å²) in [5.41, 5.74) is 0. The van der Waals surface area contributed by atoms with Gasteiger partial charge in [0.15, 0.2) is 0 Å². The van der Waals surface area contributed by atoms with Gasteiger partial charge in [-0.25, -0.2) is 0 Å². The molecule has 0 aliphatic carbocycles. The quantitative estimate of drug-likeness (QED) is 0.334. The second-order valence-electron chi connectivity index (χ2n) is 0. The van der Waals surface area contributed by atoms with E-state index < -0.39 is 0 Å². The molecule has 0 saturated carbocycles. The summed E-state index contributed by atoms with van der Waals surface area (Å²) >= 11 is 0. The molecule has 0 aliphatic heterocycles. The van der Waals surface area contributed by atoms with E-state index in [2.05, 4.69) is 0 Å². The first-order valence-electron chi connectivity index (χ1n) is 0. The monoisotopic (exact) mass is 318 g/mol. The molecule has 0 amide bonds. The van der Waals surface area contributed by atoms with Gasteiger partial charge < -0.3 is 27.0 Å². The molecule has 0 N–H and O–H groups in total. The van der Waals surface area contributed by atoms with Crippen molar-refractivity contribution in [1.29, 1.82) is 0 Å². The fraction of sp³-hybridized carbons (Fsp3) is 0. The van der Waals surface area contributed by atoms with Gasteiger partial charge in [0.05, 0.1) is 0 Å². The number of hydrogen-bond donors (Lipinski definition) is 0. The summed E-state index contributed by atoms with van der Waals surface area (Å²) < 4.78 is 0. The first-order chi connectivity index (χ1) is 0. The Bertz CT molecular complexity index is 5.51. The first kappa shape index (κ1) is 68.8. The van der Waals surface area contributed by atoms with E-state index in [0.717, 1.165) is 0 Å². The summed E-state index contributed by atoms with van der Waals surface area (Å²) in [6, 6.07) is 0. The molecule has 2 radical (unpaired) electrons. The van der Waals surface area contributed by atoms with Crippen molar-refractivity contribution in [3.8, 4) is 0 Å². The molecule has 0 fully saturated rings. The molecule has 0 aromatic carbocycles. The molecular weight excluding hydrogens is 318 g/mol. The summed E-state index contributed by atoms with van der Waals surface area (Å²) in [6.45, 7) is 0. The fourth-order valence-corrected chi connectivity index (χ4v) is 0. The van der Waals surface area contributed by atoms with Crippen molar-refractivity contribution in [3.05, 3.63) is 0 Å². The molecule has 6 heavy (non-hydrogen) atoms. The normalized spacial score (nSPS) is 0. The van der Waals surface area contributed by atoms with Gasteiger partial charge in [0.2, 0.25) is 0 Å². The number of hydrogen-bond acceptors (Lipinski definition) is 2. The smallest absolute Gasteiger partial charge is 0.813 e. The molecule has 6 heteroatoms. The molecule has 0 aromatic heterocycles. The molecule has 0 nitrogen and oxygen atoms in total. The van der Waals surface area contributed by atoms with Crippen LogP contribution in [-0.2, 0) is 95.3 Å². The van der Waals surface area contributed by atoms with Crippen LogP contribution in [-0.4, -0.2) is 0 Å². The number of rotatable bonds is 0. The van der Waals surface area contributed by atoms with Gasteiger partial charge in [-0.05, 0) is 0 Å². The largest absolute Gasteiger partial charge is 1.00 e. The molecule has 0 rings (SSSR count). The van der Waals surface area contributed by atoms with Crippen LogP contribution in [0.4, 0.5) is 0 Å². The van der Waals surface area contributed by atoms with E-state index in [9.17, 15) is 0 Å². The Morgan fingerprint density at radius 1 is 0.500 bits per heavy atom. The minimum atomic E-state index is 0.